The molecule has 1 aliphatic rings. The lowest BCUT2D eigenvalue weighted by Gasteiger charge is -2.51. The van der Waals surface area contributed by atoms with Gasteiger partial charge in [-0.25, -0.2) is 0 Å². The average Bonchev–Trinajstić information content (AvgIpc) is 2.46. The van der Waals surface area contributed by atoms with E-state index >= 15 is 0 Å². The molecule has 0 unspecified atom stereocenters. The van der Waals surface area contributed by atoms with Gasteiger partial charge in [0, 0.05) is 14.2 Å². The SMILES string of the molecule is CO[C@]1(C)O[C@@H](CO[Si](C)(C)C(C)(C)C)[C@@H](C=O)O[C@@]1(C)OC. The standard InChI is InChI=1S/C16H32O6Si/c1-14(2,3)23(8,9)20-11-13-12(10-17)21-15(4,18-6)16(5,19-7)22-13/h10,12-13H,11H2,1-9H3/t12-,13+,15-,16-/m1/s1. The van der Waals surface area contributed by atoms with E-state index in [4.69, 9.17) is 23.4 Å². The molecule has 1 fully saturated rings. The van der Waals surface area contributed by atoms with Crippen LogP contribution in [0.1, 0.15) is 34.6 Å². The van der Waals surface area contributed by atoms with Crippen LogP contribution in [0.5, 0.6) is 0 Å². The first-order chi connectivity index (χ1) is 10.4. The van der Waals surface area contributed by atoms with Crippen molar-refractivity contribution < 1.29 is 28.2 Å². The zero-order valence-electron chi connectivity index (χ0n) is 15.9. The number of rotatable bonds is 6. The maximum atomic E-state index is 11.4. The van der Waals surface area contributed by atoms with Crippen molar-refractivity contribution in [3.63, 3.8) is 0 Å². The minimum Gasteiger partial charge on any atom is -0.414 e. The van der Waals surface area contributed by atoms with Crippen LogP contribution in [0.4, 0.5) is 0 Å². The molecule has 7 heteroatoms. The van der Waals surface area contributed by atoms with Crippen molar-refractivity contribution in [1.82, 2.24) is 0 Å². The van der Waals surface area contributed by atoms with E-state index in [1.165, 1.54) is 14.2 Å². The molecule has 0 N–H and O–H groups in total. The lowest BCUT2D eigenvalue weighted by Crippen LogP contribution is -2.66. The van der Waals surface area contributed by atoms with Crippen molar-refractivity contribution >= 4 is 14.6 Å². The monoisotopic (exact) mass is 348 g/mol. The summed E-state index contributed by atoms with van der Waals surface area (Å²) >= 11 is 0. The van der Waals surface area contributed by atoms with Crippen LogP contribution >= 0.6 is 0 Å². The van der Waals surface area contributed by atoms with Gasteiger partial charge >= 0.3 is 0 Å². The number of aldehydes is 1. The summed E-state index contributed by atoms with van der Waals surface area (Å²) in [5.74, 6) is -2.32. The number of hydrogen-bond acceptors (Lipinski definition) is 6. The molecule has 0 amide bonds. The summed E-state index contributed by atoms with van der Waals surface area (Å²) in [6.45, 7) is 14.5. The van der Waals surface area contributed by atoms with E-state index in [0.29, 0.717) is 0 Å². The molecule has 0 spiro atoms. The Morgan fingerprint density at radius 2 is 1.57 bits per heavy atom. The maximum Gasteiger partial charge on any atom is 0.220 e. The van der Waals surface area contributed by atoms with Crippen LogP contribution < -0.4 is 0 Å². The van der Waals surface area contributed by atoms with Crippen LogP contribution in [0, 0.1) is 0 Å². The van der Waals surface area contributed by atoms with Crippen molar-refractivity contribution in [2.24, 2.45) is 0 Å². The number of hydrogen-bond donors (Lipinski definition) is 0. The average molecular weight is 349 g/mol. The molecule has 1 saturated heterocycles. The highest BCUT2D eigenvalue weighted by molar-refractivity contribution is 6.74. The van der Waals surface area contributed by atoms with Crippen molar-refractivity contribution in [1.29, 1.82) is 0 Å². The summed E-state index contributed by atoms with van der Waals surface area (Å²) in [5, 5.41) is 0.0742. The van der Waals surface area contributed by atoms with Crippen LogP contribution in [0.25, 0.3) is 0 Å². The van der Waals surface area contributed by atoms with E-state index in [0.717, 1.165) is 6.29 Å². The summed E-state index contributed by atoms with van der Waals surface area (Å²) in [5.41, 5.74) is 0. The Morgan fingerprint density at radius 1 is 1.09 bits per heavy atom. The molecular weight excluding hydrogens is 316 g/mol. The highest BCUT2D eigenvalue weighted by Gasteiger charge is 2.57. The highest BCUT2D eigenvalue weighted by Crippen LogP contribution is 2.40. The topological polar surface area (TPSA) is 63.2 Å². The Hall–Kier alpha value is -0.313. The van der Waals surface area contributed by atoms with E-state index < -0.39 is 32.1 Å². The molecule has 6 nitrogen and oxygen atoms in total. The summed E-state index contributed by atoms with van der Waals surface area (Å²) in [4.78, 5) is 11.4. The molecular formula is C16H32O6Si. The molecule has 0 bridgehead atoms. The number of carbonyl (C=O) groups is 1. The molecule has 0 aromatic carbocycles. The Bertz CT molecular complexity index is 421. The van der Waals surface area contributed by atoms with Gasteiger partial charge in [0.15, 0.2) is 14.6 Å². The Kier molecular flexibility index (Phi) is 6.22. The predicted octanol–water partition coefficient (Wildman–Crippen LogP) is 2.72. The lowest BCUT2D eigenvalue weighted by atomic mass is 10.0. The lowest BCUT2D eigenvalue weighted by molar-refractivity contribution is -0.442. The number of ether oxygens (including phenoxy) is 4. The maximum absolute atomic E-state index is 11.4. The second kappa shape index (κ2) is 6.90. The van der Waals surface area contributed by atoms with E-state index in [1.807, 2.05) is 0 Å². The normalized spacial score (nSPS) is 36.0. The van der Waals surface area contributed by atoms with Gasteiger partial charge in [0.05, 0.1) is 6.61 Å². The third-order valence-corrected chi connectivity index (χ3v) is 9.76. The number of carbonyl (C=O) groups excluding carboxylic acids is 1. The van der Waals surface area contributed by atoms with Crippen molar-refractivity contribution in [2.75, 3.05) is 20.8 Å². The molecule has 1 aliphatic heterocycles. The summed E-state index contributed by atoms with van der Waals surface area (Å²) in [6, 6.07) is 0. The quantitative estimate of drug-likeness (QED) is 0.543. The summed E-state index contributed by atoms with van der Waals surface area (Å²) < 4.78 is 28.9. The first-order valence-electron chi connectivity index (χ1n) is 7.91. The minimum absolute atomic E-state index is 0.0742. The molecule has 1 heterocycles. The second-order valence-corrected chi connectivity index (χ2v) is 12.6. The molecule has 136 valence electrons. The van der Waals surface area contributed by atoms with Crippen LogP contribution in [0.3, 0.4) is 0 Å². The van der Waals surface area contributed by atoms with Crippen LogP contribution in [0.2, 0.25) is 18.1 Å². The van der Waals surface area contributed by atoms with Gasteiger partial charge in [0.2, 0.25) is 11.6 Å². The highest BCUT2D eigenvalue weighted by atomic mass is 28.4. The molecule has 23 heavy (non-hydrogen) atoms. The van der Waals surface area contributed by atoms with E-state index in [9.17, 15) is 4.79 Å². The first kappa shape index (κ1) is 20.7. The van der Waals surface area contributed by atoms with Gasteiger partial charge in [-0.1, -0.05) is 20.8 Å². The predicted molar refractivity (Wildman–Crippen MR) is 89.8 cm³/mol. The minimum atomic E-state index is -1.96. The van der Waals surface area contributed by atoms with Crippen LogP contribution in [-0.4, -0.2) is 59.2 Å². The Labute approximate surface area is 140 Å². The van der Waals surface area contributed by atoms with E-state index in [1.54, 1.807) is 13.8 Å². The fraction of sp³-hybridized carbons (Fsp3) is 0.938. The van der Waals surface area contributed by atoms with Crippen molar-refractivity contribution in [3.8, 4) is 0 Å². The van der Waals surface area contributed by atoms with E-state index in [-0.39, 0.29) is 11.6 Å². The van der Waals surface area contributed by atoms with Gasteiger partial charge in [-0.2, -0.15) is 0 Å². The smallest absolute Gasteiger partial charge is 0.220 e. The fourth-order valence-electron chi connectivity index (χ4n) is 2.12. The molecule has 0 aromatic rings. The molecule has 0 saturated carbocycles. The Morgan fingerprint density at radius 3 is 1.96 bits per heavy atom. The van der Waals surface area contributed by atoms with Gasteiger partial charge < -0.3 is 28.2 Å². The second-order valence-electron chi connectivity index (χ2n) is 7.75. The summed E-state index contributed by atoms with van der Waals surface area (Å²) in [6.07, 6.45) is -0.589. The largest absolute Gasteiger partial charge is 0.414 e. The molecule has 0 radical (unpaired) electrons. The van der Waals surface area contributed by atoms with Crippen molar-refractivity contribution in [2.45, 2.75) is 76.5 Å². The zero-order valence-corrected chi connectivity index (χ0v) is 16.9. The third-order valence-electron chi connectivity index (χ3n) is 5.26. The Balaban J connectivity index is 2.93. The summed E-state index contributed by atoms with van der Waals surface area (Å²) in [7, 11) is 1.06. The molecule has 0 aliphatic carbocycles. The van der Waals surface area contributed by atoms with Gasteiger partial charge in [0.25, 0.3) is 0 Å². The van der Waals surface area contributed by atoms with Gasteiger partial charge in [-0.15, -0.1) is 0 Å². The van der Waals surface area contributed by atoms with Gasteiger partial charge in [-0.05, 0) is 32.0 Å². The van der Waals surface area contributed by atoms with Crippen LogP contribution in [-0.2, 0) is 28.2 Å². The first-order valence-corrected chi connectivity index (χ1v) is 10.8. The third kappa shape index (κ3) is 4.03. The van der Waals surface area contributed by atoms with Gasteiger partial charge in [-0.3, -0.25) is 0 Å². The van der Waals surface area contributed by atoms with Crippen LogP contribution in [0.15, 0.2) is 0 Å². The zero-order chi connectivity index (χ0) is 18.1. The number of methoxy groups -OCH3 is 2. The molecule has 4 atom stereocenters. The molecule has 0 aromatic heterocycles. The fourth-order valence-corrected chi connectivity index (χ4v) is 3.14. The van der Waals surface area contributed by atoms with Crippen molar-refractivity contribution in [3.05, 3.63) is 0 Å². The van der Waals surface area contributed by atoms with Gasteiger partial charge in [0.1, 0.15) is 12.2 Å². The van der Waals surface area contributed by atoms with E-state index in [2.05, 4.69) is 33.9 Å². The molecule has 1 rings (SSSR count).